The molecule has 0 heterocycles. The molecule has 0 atom stereocenters. The lowest BCUT2D eigenvalue weighted by molar-refractivity contribution is 0.206. The molecular weight excluding hydrogens is 324 g/mol. The second-order valence-corrected chi connectivity index (χ2v) is 7.12. The number of hydrogen-bond acceptors (Lipinski definition) is 4. The maximum atomic E-state index is 12.1. The molecule has 0 saturated carbocycles. The van der Waals surface area contributed by atoms with Crippen molar-refractivity contribution in [2.45, 2.75) is 39.7 Å². The van der Waals surface area contributed by atoms with Gasteiger partial charge in [-0.3, -0.25) is 4.72 Å². The molecule has 0 aliphatic carbocycles. The summed E-state index contributed by atoms with van der Waals surface area (Å²) in [6.07, 6.45) is 5.87. The van der Waals surface area contributed by atoms with Gasteiger partial charge in [-0.1, -0.05) is 56.2 Å². The third kappa shape index (κ3) is 7.46. The molecule has 6 heteroatoms. The molecule has 0 radical (unpaired) electrons. The maximum absolute atomic E-state index is 12.1. The van der Waals surface area contributed by atoms with Gasteiger partial charge in [0.25, 0.3) is 0 Å². The monoisotopic (exact) mass is 350 g/mol. The first-order chi connectivity index (χ1) is 11.5. The van der Waals surface area contributed by atoms with Gasteiger partial charge in [0.05, 0.1) is 5.75 Å². The molecule has 0 aliphatic heterocycles. The van der Waals surface area contributed by atoms with E-state index < -0.39 is 10.0 Å². The number of hydrogen-bond donors (Lipinski definition) is 1. The predicted octanol–water partition coefficient (Wildman–Crippen LogP) is 3.76. The van der Waals surface area contributed by atoms with Crippen molar-refractivity contribution >= 4 is 16.7 Å². The minimum atomic E-state index is -3.47. The summed E-state index contributed by atoms with van der Waals surface area (Å²) < 4.78 is 32.5. The number of benzene rings is 1. The minimum Gasteiger partial charge on any atom is -0.485 e. The van der Waals surface area contributed by atoms with Gasteiger partial charge in [0.2, 0.25) is 10.0 Å². The van der Waals surface area contributed by atoms with E-state index in [-0.39, 0.29) is 11.6 Å². The molecule has 24 heavy (non-hydrogen) atoms. The summed E-state index contributed by atoms with van der Waals surface area (Å²) in [5.41, 5.74) is 0.980. The molecule has 132 valence electrons. The zero-order valence-electron chi connectivity index (χ0n) is 14.4. The minimum absolute atomic E-state index is 0.0572. The van der Waals surface area contributed by atoms with Gasteiger partial charge in [-0.25, -0.2) is 13.4 Å². The van der Waals surface area contributed by atoms with Gasteiger partial charge in [0.1, 0.15) is 6.61 Å². The van der Waals surface area contributed by atoms with Crippen LogP contribution in [0.3, 0.4) is 0 Å². The number of allylic oxidation sites excluding steroid dienone is 2. The molecule has 0 aromatic heterocycles. The standard InChI is InChI=1S/C18H26N2O3S/c1-4-6-10-14-24(21,22)20-18(19-3)17(11-5-2)23-15-16-12-8-7-9-13-16/h5,7-9,11-13,20H,3-4,6,10,14-15H2,1-2H3/b11-5-,18-17-. The molecule has 1 rings (SSSR count). The third-order valence-electron chi connectivity index (χ3n) is 3.22. The highest BCUT2D eigenvalue weighted by atomic mass is 32.2. The summed E-state index contributed by atoms with van der Waals surface area (Å²) in [4.78, 5) is 3.80. The van der Waals surface area contributed by atoms with Crippen molar-refractivity contribution in [1.82, 2.24) is 4.72 Å². The first-order valence-electron chi connectivity index (χ1n) is 8.03. The van der Waals surface area contributed by atoms with Crippen LogP contribution in [0.15, 0.2) is 59.1 Å². The molecule has 1 N–H and O–H groups in total. The second-order valence-electron chi connectivity index (χ2n) is 5.27. The molecule has 0 bridgehead atoms. The molecule has 1 aromatic carbocycles. The fourth-order valence-corrected chi connectivity index (χ4v) is 3.13. The van der Waals surface area contributed by atoms with Crippen molar-refractivity contribution < 1.29 is 13.2 Å². The Hall–Kier alpha value is -2.08. The quantitative estimate of drug-likeness (QED) is 0.286. The van der Waals surface area contributed by atoms with Gasteiger partial charge in [-0.05, 0) is 31.7 Å². The Bertz CT molecular complexity index is 665. The average molecular weight is 350 g/mol. The van der Waals surface area contributed by atoms with E-state index in [1.54, 1.807) is 12.2 Å². The maximum Gasteiger partial charge on any atom is 0.233 e. The Morgan fingerprint density at radius 1 is 1.29 bits per heavy atom. The third-order valence-corrected chi connectivity index (χ3v) is 4.55. The first kappa shape index (κ1) is 20.0. The summed E-state index contributed by atoms with van der Waals surface area (Å²) in [6, 6.07) is 9.63. The first-order valence-corrected chi connectivity index (χ1v) is 9.68. The Labute approximate surface area is 145 Å². The molecular formula is C18H26N2O3S. The van der Waals surface area contributed by atoms with Crippen molar-refractivity contribution in [3.8, 4) is 0 Å². The van der Waals surface area contributed by atoms with Crippen LogP contribution >= 0.6 is 0 Å². The molecule has 5 nitrogen and oxygen atoms in total. The SMILES string of the molecule is C=N/C(NS(=O)(=O)CCCCC)=C(\C=C/C)OCc1ccccc1. The highest BCUT2D eigenvalue weighted by Crippen LogP contribution is 2.13. The normalized spacial score (nSPS) is 12.8. The molecule has 0 amide bonds. The Balaban J connectivity index is 2.87. The Kier molecular flexibility index (Phi) is 8.86. The fraction of sp³-hybridized carbons (Fsp3) is 0.389. The molecule has 0 fully saturated rings. The highest BCUT2D eigenvalue weighted by molar-refractivity contribution is 7.89. The lowest BCUT2D eigenvalue weighted by Crippen LogP contribution is -2.26. The number of ether oxygens (including phenoxy) is 1. The number of unbranched alkanes of at least 4 members (excludes halogenated alkanes) is 2. The van der Waals surface area contributed by atoms with Crippen molar-refractivity contribution in [1.29, 1.82) is 0 Å². The van der Waals surface area contributed by atoms with Gasteiger partial charge in [-0.2, -0.15) is 0 Å². The van der Waals surface area contributed by atoms with Crippen LogP contribution in [0.25, 0.3) is 0 Å². The van der Waals surface area contributed by atoms with E-state index >= 15 is 0 Å². The van der Waals surface area contributed by atoms with E-state index in [4.69, 9.17) is 4.74 Å². The molecule has 0 spiro atoms. The van der Waals surface area contributed by atoms with Crippen LogP contribution in [-0.4, -0.2) is 20.9 Å². The van der Waals surface area contributed by atoms with E-state index in [1.165, 1.54) is 0 Å². The Morgan fingerprint density at radius 2 is 2.00 bits per heavy atom. The van der Waals surface area contributed by atoms with Crippen LogP contribution in [0.5, 0.6) is 0 Å². The van der Waals surface area contributed by atoms with E-state index in [9.17, 15) is 8.42 Å². The van der Waals surface area contributed by atoms with Crippen molar-refractivity contribution in [2.75, 3.05) is 5.75 Å². The number of nitrogens with zero attached hydrogens (tertiary/aromatic N) is 1. The van der Waals surface area contributed by atoms with Gasteiger partial charge >= 0.3 is 0 Å². The van der Waals surface area contributed by atoms with Crippen LogP contribution < -0.4 is 4.72 Å². The highest BCUT2D eigenvalue weighted by Gasteiger charge is 2.14. The molecule has 1 aromatic rings. The number of nitrogens with one attached hydrogen (secondary N) is 1. The summed E-state index contributed by atoms with van der Waals surface area (Å²) in [7, 11) is -3.47. The van der Waals surface area contributed by atoms with Crippen LogP contribution in [-0.2, 0) is 21.4 Å². The summed E-state index contributed by atoms with van der Waals surface area (Å²) in [5.74, 6) is 0.512. The summed E-state index contributed by atoms with van der Waals surface area (Å²) in [5, 5.41) is 0. The number of aliphatic imine (C=N–C) groups is 1. The van der Waals surface area contributed by atoms with Gasteiger partial charge in [0.15, 0.2) is 11.6 Å². The Morgan fingerprint density at radius 3 is 2.58 bits per heavy atom. The van der Waals surface area contributed by atoms with Crippen LogP contribution in [0.4, 0.5) is 0 Å². The predicted molar refractivity (Wildman–Crippen MR) is 99.1 cm³/mol. The fourth-order valence-electron chi connectivity index (χ4n) is 1.98. The van der Waals surface area contributed by atoms with E-state index in [2.05, 4.69) is 16.4 Å². The van der Waals surface area contributed by atoms with Crippen molar-refractivity contribution in [3.63, 3.8) is 0 Å². The zero-order valence-corrected chi connectivity index (χ0v) is 15.2. The lowest BCUT2D eigenvalue weighted by atomic mass is 10.2. The van der Waals surface area contributed by atoms with E-state index in [1.807, 2.05) is 44.2 Å². The van der Waals surface area contributed by atoms with Gasteiger partial charge in [0, 0.05) is 0 Å². The van der Waals surface area contributed by atoms with Gasteiger partial charge < -0.3 is 4.74 Å². The summed E-state index contributed by atoms with van der Waals surface area (Å²) >= 11 is 0. The van der Waals surface area contributed by atoms with Crippen molar-refractivity contribution in [2.24, 2.45) is 4.99 Å². The zero-order chi connectivity index (χ0) is 17.8. The van der Waals surface area contributed by atoms with Crippen LogP contribution in [0, 0.1) is 0 Å². The largest absolute Gasteiger partial charge is 0.485 e. The lowest BCUT2D eigenvalue weighted by Gasteiger charge is -2.13. The number of sulfonamides is 1. The molecule has 0 unspecified atom stereocenters. The van der Waals surface area contributed by atoms with E-state index in [0.717, 1.165) is 18.4 Å². The van der Waals surface area contributed by atoms with Gasteiger partial charge in [-0.15, -0.1) is 0 Å². The van der Waals surface area contributed by atoms with E-state index in [0.29, 0.717) is 18.8 Å². The van der Waals surface area contributed by atoms with Crippen LogP contribution in [0.1, 0.15) is 38.7 Å². The average Bonchev–Trinajstić information content (AvgIpc) is 2.58. The van der Waals surface area contributed by atoms with Crippen molar-refractivity contribution in [3.05, 3.63) is 59.6 Å². The topological polar surface area (TPSA) is 67.8 Å². The second kappa shape index (κ2) is 10.6. The molecule has 0 aliphatic rings. The van der Waals surface area contributed by atoms with Crippen LogP contribution in [0.2, 0.25) is 0 Å². The molecule has 0 saturated heterocycles. The summed E-state index contributed by atoms with van der Waals surface area (Å²) in [6.45, 7) is 7.62. The smallest absolute Gasteiger partial charge is 0.233 e. The number of rotatable bonds is 11.